The molecular formula is C28H56O2. The molecule has 0 bridgehead atoms. The maximum Gasteiger partial charge on any atom is 0.306 e. The molecule has 2 heteroatoms. The van der Waals surface area contributed by atoms with E-state index in [1.807, 2.05) is 0 Å². The van der Waals surface area contributed by atoms with Gasteiger partial charge < -0.3 is 4.74 Å². The molecule has 0 spiro atoms. The van der Waals surface area contributed by atoms with Crippen LogP contribution < -0.4 is 0 Å². The third kappa shape index (κ3) is 17.2. The van der Waals surface area contributed by atoms with Crippen molar-refractivity contribution in [2.75, 3.05) is 0 Å². The zero-order chi connectivity index (χ0) is 22.3. The van der Waals surface area contributed by atoms with Crippen LogP contribution in [0.15, 0.2) is 0 Å². The first kappa shape index (κ1) is 29.5. The van der Waals surface area contributed by atoms with Crippen molar-refractivity contribution in [1.29, 1.82) is 0 Å². The van der Waals surface area contributed by atoms with Crippen molar-refractivity contribution in [3.05, 3.63) is 0 Å². The SMILES string of the molecule is CCCCCCCCCCCC(=O)OC(CCCC)(CCCC)CCCCCCC. The van der Waals surface area contributed by atoms with Gasteiger partial charge >= 0.3 is 5.97 Å². The summed E-state index contributed by atoms with van der Waals surface area (Å²) in [6, 6.07) is 0. The predicted octanol–water partition coefficient (Wildman–Crippen LogP) is 9.93. The van der Waals surface area contributed by atoms with E-state index in [-0.39, 0.29) is 11.6 Å². The zero-order valence-electron chi connectivity index (χ0n) is 21.4. The van der Waals surface area contributed by atoms with Crippen LogP contribution in [0.5, 0.6) is 0 Å². The average molecular weight is 425 g/mol. The van der Waals surface area contributed by atoms with Crippen molar-refractivity contribution in [2.45, 2.75) is 175 Å². The molecule has 180 valence electrons. The van der Waals surface area contributed by atoms with Crippen LogP contribution in [0.25, 0.3) is 0 Å². The lowest BCUT2D eigenvalue weighted by Crippen LogP contribution is -2.35. The Morgan fingerprint density at radius 3 is 1.33 bits per heavy atom. The molecule has 30 heavy (non-hydrogen) atoms. The van der Waals surface area contributed by atoms with Gasteiger partial charge in [-0.2, -0.15) is 0 Å². The number of carbonyl (C=O) groups excluding carboxylic acids is 1. The van der Waals surface area contributed by atoms with E-state index in [2.05, 4.69) is 27.7 Å². The second kappa shape index (κ2) is 21.7. The van der Waals surface area contributed by atoms with Gasteiger partial charge in [0.2, 0.25) is 0 Å². The summed E-state index contributed by atoms with van der Waals surface area (Å²) < 4.78 is 6.28. The second-order valence-electron chi connectivity index (χ2n) is 9.61. The zero-order valence-corrected chi connectivity index (χ0v) is 21.4. The van der Waals surface area contributed by atoms with Crippen LogP contribution in [0.4, 0.5) is 0 Å². The first-order chi connectivity index (χ1) is 14.6. The standard InChI is InChI=1S/C28H56O2/c1-5-9-13-15-16-17-18-19-21-23-27(29)30-28(24-11-7-3,25-12-8-4)26-22-20-14-10-6-2/h5-26H2,1-4H3. The molecule has 0 aromatic rings. The van der Waals surface area contributed by atoms with Gasteiger partial charge in [0.25, 0.3) is 0 Å². The van der Waals surface area contributed by atoms with Gasteiger partial charge in [-0.3, -0.25) is 4.79 Å². The minimum absolute atomic E-state index is 0.0683. The normalized spacial score (nSPS) is 11.7. The van der Waals surface area contributed by atoms with E-state index >= 15 is 0 Å². The molecule has 0 saturated carbocycles. The molecule has 0 aliphatic heterocycles. The lowest BCUT2D eigenvalue weighted by atomic mass is 9.85. The summed E-state index contributed by atoms with van der Waals surface area (Å²) in [7, 11) is 0. The van der Waals surface area contributed by atoms with Crippen LogP contribution >= 0.6 is 0 Å². The van der Waals surface area contributed by atoms with Crippen molar-refractivity contribution in [1.82, 2.24) is 0 Å². The fourth-order valence-corrected chi connectivity index (χ4v) is 4.45. The maximum atomic E-state index is 12.7. The second-order valence-corrected chi connectivity index (χ2v) is 9.61. The molecule has 0 fully saturated rings. The van der Waals surface area contributed by atoms with E-state index in [1.165, 1.54) is 109 Å². The Bertz CT molecular complexity index is 356. The first-order valence-electron chi connectivity index (χ1n) is 13.9. The van der Waals surface area contributed by atoms with Gasteiger partial charge in [0, 0.05) is 6.42 Å². The number of hydrogen-bond acceptors (Lipinski definition) is 2. The lowest BCUT2D eigenvalue weighted by Gasteiger charge is -2.34. The quantitative estimate of drug-likeness (QED) is 0.120. The van der Waals surface area contributed by atoms with E-state index in [9.17, 15) is 4.79 Å². The highest BCUT2D eigenvalue weighted by atomic mass is 16.6. The number of hydrogen-bond donors (Lipinski definition) is 0. The highest BCUT2D eigenvalue weighted by molar-refractivity contribution is 5.69. The Hall–Kier alpha value is -0.530. The Balaban J connectivity index is 4.36. The van der Waals surface area contributed by atoms with Crippen LogP contribution in [0, 0.1) is 0 Å². The molecule has 0 unspecified atom stereocenters. The Morgan fingerprint density at radius 2 is 0.867 bits per heavy atom. The number of rotatable bonds is 23. The van der Waals surface area contributed by atoms with Crippen LogP contribution in [0.1, 0.15) is 169 Å². The highest BCUT2D eigenvalue weighted by Gasteiger charge is 2.32. The van der Waals surface area contributed by atoms with Gasteiger partial charge in [0.15, 0.2) is 0 Å². The van der Waals surface area contributed by atoms with Crippen molar-refractivity contribution >= 4 is 5.97 Å². The summed E-state index contributed by atoms with van der Waals surface area (Å²) in [5.74, 6) is 0.0683. The molecule has 0 N–H and O–H groups in total. The Labute approximate surface area is 190 Å². The van der Waals surface area contributed by atoms with Gasteiger partial charge in [-0.15, -0.1) is 0 Å². The molecule has 0 saturated heterocycles. The van der Waals surface area contributed by atoms with Crippen LogP contribution in [-0.2, 0) is 9.53 Å². The maximum absolute atomic E-state index is 12.7. The van der Waals surface area contributed by atoms with Crippen LogP contribution in [0.3, 0.4) is 0 Å². The topological polar surface area (TPSA) is 26.3 Å². The predicted molar refractivity (Wildman–Crippen MR) is 133 cm³/mol. The summed E-state index contributed by atoms with van der Waals surface area (Å²) in [6.45, 7) is 9.03. The van der Waals surface area contributed by atoms with Crippen LogP contribution in [0.2, 0.25) is 0 Å². The van der Waals surface area contributed by atoms with E-state index < -0.39 is 0 Å². The van der Waals surface area contributed by atoms with Gasteiger partial charge in [-0.1, -0.05) is 118 Å². The van der Waals surface area contributed by atoms with Crippen molar-refractivity contribution in [3.8, 4) is 0 Å². The van der Waals surface area contributed by atoms with Crippen molar-refractivity contribution in [2.24, 2.45) is 0 Å². The van der Waals surface area contributed by atoms with Gasteiger partial charge in [-0.25, -0.2) is 0 Å². The van der Waals surface area contributed by atoms with Crippen LogP contribution in [-0.4, -0.2) is 11.6 Å². The summed E-state index contributed by atoms with van der Waals surface area (Å²) in [5.41, 5.74) is -0.186. The van der Waals surface area contributed by atoms with E-state index in [0.717, 1.165) is 25.7 Å². The minimum Gasteiger partial charge on any atom is -0.459 e. The molecule has 0 aliphatic rings. The Kier molecular flexibility index (Phi) is 21.3. The molecule has 0 heterocycles. The number of ether oxygens (including phenoxy) is 1. The average Bonchev–Trinajstić information content (AvgIpc) is 2.75. The molecule has 0 aromatic carbocycles. The third-order valence-electron chi connectivity index (χ3n) is 6.52. The van der Waals surface area contributed by atoms with E-state index in [1.54, 1.807) is 0 Å². The number of esters is 1. The molecule has 2 nitrogen and oxygen atoms in total. The molecule has 0 atom stereocenters. The summed E-state index contributed by atoms with van der Waals surface area (Å²) in [5, 5.41) is 0. The number of unbranched alkanes of at least 4 members (excludes halogenated alkanes) is 14. The molecule has 0 rings (SSSR count). The molecule has 0 aromatic heterocycles. The summed E-state index contributed by atoms with van der Waals surface area (Å²) in [6.07, 6.45) is 26.5. The third-order valence-corrected chi connectivity index (χ3v) is 6.52. The summed E-state index contributed by atoms with van der Waals surface area (Å²) in [4.78, 5) is 12.7. The number of carbonyl (C=O) groups is 1. The molecule has 0 amide bonds. The monoisotopic (exact) mass is 424 g/mol. The first-order valence-corrected chi connectivity index (χ1v) is 13.9. The van der Waals surface area contributed by atoms with E-state index in [0.29, 0.717) is 6.42 Å². The smallest absolute Gasteiger partial charge is 0.306 e. The van der Waals surface area contributed by atoms with Crippen molar-refractivity contribution < 1.29 is 9.53 Å². The van der Waals surface area contributed by atoms with Gasteiger partial charge in [0.05, 0.1) is 0 Å². The molecule has 0 aliphatic carbocycles. The largest absolute Gasteiger partial charge is 0.459 e. The van der Waals surface area contributed by atoms with Gasteiger partial charge in [0.1, 0.15) is 5.60 Å². The van der Waals surface area contributed by atoms with Gasteiger partial charge in [-0.05, 0) is 44.9 Å². The van der Waals surface area contributed by atoms with E-state index in [4.69, 9.17) is 4.74 Å². The fraction of sp³-hybridized carbons (Fsp3) is 0.964. The fourth-order valence-electron chi connectivity index (χ4n) is 4.45. The molecular weight excluding hydrogens is 368 g/mol. The Morgan fingerprint density at radius 1 is 0.500 bits per heavy atom. The lowest BCUT2D eigenvalue weighted by molar-refractivity contribution is -0.163. The highest BCUT2D eigenvalue weighted by Crippen LogP contribution is 2.33. The summed E-state index contributed by atoms with van der Waals surface area (Å²) >= 11 is 0. The van der Waals surface area contributed by atoms with Crippen molar-refractivity contribution in [3.63, 3.8) is 0 Å². The molecule has 0 radical (unpaired) electrons. The minimum atomic E-state index is -0.186.